The lowest BCUT2D eigenvalue weighted by Gasteiger charge is -2.31. The number of nitrogens with one attached hydrogen (secondary N) is 2. The molecule has 0 radical (unpaired) electrons. The molecule has 0 unspecified atom stereocenters. The van der Waals surface area contributed by atoms with E-state index in [-0.39, 0.29) is 5.91 Å². The molecule has 2 aromatic carbocycles. The molecule has 1 aliphatic heterocycles. The zero-order valence-corrected chi connectivity index (χ0v) is 15.6. The highest BCUT2D eigenvalue weighted by Gasteiger charge is 2.17. The second-order valence-corrected chi connectivity index (χ2v) is 7.67. The van der Waals surface area contributed by atoms with E-state index in [1.807, 2.05) is 12.1 Å². The number of amides is 1. The number of carbonyl (C=O) groups is 1. The molecule has 2 aliphatic rings. The molecule has 0 bridgehead atoms. The van der Waals surface area contributed by atoms with E-state index < -0.39 is 0 Å². The van der Waals surface area contributed by atoms with E-state index in [2.05, 4.69) is 47.6 Å². The Hall–Kier alpha value is -2.33. The molecule has 4 rings (SSSR count). The number of hydrogen-bond acceptors (Lipinski definition) is 2. The van der Waals surface area contributed by atoms with Crippen LogP contribution in [0.5, 0.6) is 0 Å². The van der Waals surface area contributed by atoms with Crippen LogP contribution in [0.25, 0.3) is 0 Å². The number of benzene rings is 2. The molecule has 1 fully saturated rings. The molecule has 0 spiro atoms. The number of piperazine rings is 1. The van der Waals surface area contributed by atoms with Crippen LogP contribution < -0.4 is 15.1 Å². The van der Waals surface area contributed by atoms with Gasteiger partial charge in [-0.2, -0.15) is 0 Å². The van der Waals surface area contributed by atoms with Gasteiger partial charge in [0.1, 0.15) is 0 Å². The Morgan fingerprint density at radius 1 is 1.04 bits per heavy atom. The molecule has 1 heterocycles. The number of likely N-dealkylation sites (N-methyl/N-ethyl adjacent to an activating group) is 1. The molecule has 4 nitrogen and oxygen atoms in total. The van der Waals surface area contributed by atoms with E-state index in [4.69, 9.17) is 0 Å². The summed E-state index contributed by atoms with van der Waals surface area (Å²) in [4.78, 5) is 16.4. The van der Waals surface area contributed by atoms with Gasteiger partial charge >= 0.3 is 0 Å². The van der Waals surface area contributed by atoms with Crippen LogP contribution in [0.15, 0.2) is 42.5 Å². The first-order valence-corrected chi connectivity index (χ1v) is 9.74. The monoisotopic (exact) mass is 350 g/mol. The van der Waals surface area contributed by atoms with Crippen LogP contribution in [-0.2, 0) is 24.1 Å². The number of anilines is 2. The highest BCUT2D eigenvalue weighted by atomic mass is 16.1. The van der Waals surface area contributed by atoms with Crippen LogP contribution in [0.4, 0.5) is 11.4 Å². The van der Waals surface area contributed by atoms with Gasteiger partial charge in [-0.25, -0.2) is 0 Å². The average Bonchev–Trinajstić information content (AvgIpc) is 3.11. The molecule has 0 aromatic heterocycles. The fourth-order valence-electron chi connectivity index (χ4n) is 4.03. The minimum atomic E-state index is 0.0545. The molecular formula is C22H28N3O+. The van der Waals surface area contributed by atoms with Gasteiger partial charge in [0, 0.05) is 11.4 Å². The molecule has 1 saturated heterocycles. The topological polar surface area (TPSA) is 36.8 Å². The number of quaternary nitrogens is 1. The van der Waals surface area contributed by atoms with Crippen LogP contribution in [0, 0.1) is 0 Å². The van der Waals surface area contributed by atoms with Gasteiger partial charge in [-0.15, -0.1) is 0 Å². The van der Waals surface area contributed by atoms with Gasteiger partial charge < -0.3 is 15.1 Å². The number of aryl methyl sites for hydroxylation is 2. The highest BCUT2D eigenvalue weighted by molar-refractivity contribution is 5.92. The summed E-state index contributed by atoms with van der Waals surface area (Å²) in [6.45, 7) is 4.55. The molecule has 1 aliphatic carbocycles. The van der Waals surface area contributed by atoms with Crippen molar-refractivity contribution in [2.75, 3.05) is 43.4 Å². The minimum absolute atomic E-state index is 0.0545. The molecule has 0 saturated carbocycles. The van der Waals surface area contributed by atoms with Crippen LogP contribution >= 0.6 is 0 Å². The summed E-state index contributed by atoms with van der Waals surface area (Å²) in [7, 11) is 2.25. The molecule has 0 atom stereocenters. The van der Waals surface area contributed by atoms with Crippen LogP contribution in [0.3, 0.4) is 0 Å². The normalized spacial score (nSPS) is 17.2. The number of rotatable bonds is 4. The third-order valence-corrected chi connectivity index (χ3v) is 5.66. The Morgan fingerprint density at radius 2 is 1.77 bits per heavy atom. The van der Waals surface area contributed by atoms with Crippen LogP contribution in [0.2, 0.25) is 0 Å². The lowest BCUT2D eigenvalue weighted by molar-refractivity contribution is -0.880. The summed E-state index contributed by atoms with van der Waals surface area (Å²) < 4.78 is 0. The molecular weight excluding hydrogens is 322 g/mol. The summed E-state index contributed by atoms with van der Waals surface area (Å²) in [5.74, 6) is 0.0545. The van der Waals surface area contributed by atoms with Gasteiger partial charge in [-0.3, -0.25) is 4.79 Å². The second-order valence-electron chi connectivity index (χ2n) is 7.67. The standard InChI is InChI=1S/C22H27N3O/c1-24-11-13-25(14-12-24)21-9-7-20(8-10-21)23-22(26)16-17-5-6-18-3-2-4-19(18)15-17/h5-10,15H,2-4,11-14,16H2,1H3,(H,23,26)/p+1. The summed E-state index contributed by atoms with van der Waals surface area (Å²) in [6, 6.07) is 14.8. The lowest BCUT2D eigenvalue weighted by atomic mass is 10.0. The zero-order valence-electron chi connectivity index (χ0n) is 15.6. The van der Waals surface area contributed by atoms with E-state index in [1.165, 1.54) is 42.7 Å². The Kier molecular flexibility index (Phi) is 4.93. The predicted octanol–water partition coefficient (Wildman–Crippen LogP) is 1.69. The van der Waals surface area contributed by atoms with Gasteiger partial charge in [-0.1, -0.05) is 18.2 Å². The third-order valence-electron chi connectivity index (χ3n) is 5.66. The quantitative estimate of drug-likeness (QED) is 0.881. The zero-order chi connectivity index (χ0) is 17.9. The fourth-order valence-corrected chi connectivity index (χ4v) is 4.03. The van der Waals surface area contributed by atoms with Crippen molar-refractivity contribution < 1.29 is 9.69 Å². The number of hydrogen-bond donors (Lipinski definition) is 2. The smallest absolute Gasteiger partial charge is 0.228 e. The van der Waals surface area contributed by atoms with Gasteiger partial charge in [0.15, 0.2) is 0 Å². The second kappa shape index (κ2) is 7.50. The van der Waals surface area contributed by atoms with Crippen molar-refractivity contribution >= 4 is 17.3 Å². The van der Waals surface area contributed by atoms with Gasteiger partial charge in [0.25, 0.3) is 0 Å². The van der Waals surface area contributed by atoms with Crippen molar-refractivity contribution in [1.29, 1.82) is 0 Å². The predicted molar refractivity (Wildman–Crippen MR) is 106 cm³/mol. The van der Waals surface area contributed by atoms with E-state index in [9.17, 15) is 4.79 Å². The SMILES string of the molecule is C[NH+]1CCN(c2ccc(NC(=O)Cc3ccc4c(c3)CCC4)cc2)CC1. The van der Waals surface area contributed by atoms with Gasteiger partial charge in [-0.05, 0) is 60.2 Å². The Balaban J connectivity index is 1.34. The van der Waals surface area contributed by atoms with E-state index >= 15 is 0 Å². The van der Waals surface area contributed by atoms with E-state index in [0.29, 0.717) is 6.42 Å². The summed E-state index contributed by atoms with van der Waals surface area (Å²) in [6.07, 6.45) is 4.02. The molecule has 26 heavy (non-hydrogen) atoms. The molecule has 2 aromatic rings. The van der Waals surface area contributed by atoms with Crippen molar-refractivity contribution in [2.24, 2.45) is 0 Å². The first kappa shape index (κ1) is 17.1. The maximum atomic E-state index is 12.4. The van der Waals surface area contributed by atoms with Crippen molar-refractivity contribution in [3.8, 4) is 0 Å². The summed E-state index contributed by atoms with van der Waals surface area (Å²) in [5.41, 5.74) is 6.11. The van der Waals surface area contributed by atoms with Crippen molar-refractivity contribution in [3.63, 3.8) is 0 Å². The molecule has 2 N–H and O–H groups in total. The van der Waals surface area contributed by atoms with E-state index in [0.717, 1.165) is 30.8 Å². The fraction of sp³-hybridized carbons (Fsp3) is 0.409. The largest absolute Gasteiger partial charge is 0.360 e. The first-order valence-electron chi connectivity index (χ1n) is 9.74. The number of fused-ring (bicyclic) bond motifs is 1. The van der Waals surface area contributed by atoms with Crippen LogP contribution in [-0.4, -0.2) is 39.1 Å². The first-order chi connectivity index (χ1) is 12.7. The maximum absolute atomic E-state index is 12.4. The molecule has 1 amide bonds. The van der Waals surface area contributed by atoms with E-state index in [1.54, 1.807) is 4.90 Å². The number of nitrogens with zero attached hydrogens (tertiary/aromatic N) is 1. The van der Waals surface area contributed by atoms with Gasteiger partial charge in [0.2, 0.25) is 5.91 Å². The van der Waals surface area contributed by atoms with Crippen molar-refractivity contribution in [1.82, 2.24) is 0 Å². The lowest BCUT2D eigenvalue weighted by Crippen LogP contribution is -3.12. The number of carbonyl (C=O) groups excluding carboxylic acids is 1. The highest BCUT2D eigenvalue weighted by Crippen LogP contribution is 2.23. The van der Waals surface area contributed by atoms with Gasteiger partial charge in [0.05, 0.1) is 39.6 Å². The maximum Gasteiger partial charge on any atom is 0.228 e. The van der Waals surface area contributed by atoms with Crippen LogP contribution in [0.1, 0.15) is 23.1 Å². The Bertz CT molecular complexity index is 776. The van der Waals surface area contributed by atoms with Crippen molar-refractivity contribution in [2.45, 2.75) is 25.7 Å². The molecule has 4 heteroatoms. The molecule has 136 valence electrons. The van der Waals surface area contributed by atoms with Crippen molar-refractivity contribution in [3.05, 3.63) is 59.2 Å². The minimum Gasteiger partial charge on any atom is -0.360 e. The Morgan fingerprint density at radius 3 is 2.54 bits per heavy atom. The third kappa shape index (κ3) is 3.91. The average molecular weight is 350 g/mol. The summed E-state index contributed by atoms with van der Waals surface area (Å²) >= 11 is 0. The summed E-state index contributed by atoms with van der Waals surface area (Å²) in [5, 5.41) is 3.03. The Labute approximate surface area is 155 Å².